The molecule has 0 spiro atoms. The Morgan fingerprint density at radius 2 is 1.70 bits per heavy atom. The molecule has 20 heavy (non-hydrogen) atoms. The van der Waals surface area contributed by atoms with Crippen molar-refractivity contribution < 1.29 is 27.4 Å². The lowest BCUT2D eigenvalue weighted by Gasteiger charge is -2.15. The molecule has 0 aliphatic carbocycles. The zero-order chi connectivity index (χ0) is 15.3. The average molecular weight is 309 g/mol. The standard InChI is InChI=1S/C12H17F2NO4S/c1-20(18,19)9-4-2-8(3-5-9)10(16)6-15-7-11(17)12(13)14/h2-5,10-12,15-17H,6-7H2,1H3. The molecule has 114 valence electrons. The predicted octanol–water partition coefficient (Wildman–Crippen LogP) is 0.339. The number of sulfone groups is 1. The molecule has 3 N–H and O–H groups in total. The van der Waals surface area contributed by atoms with Crippen LogP contribution in [-0.4, -0.2) is 50.5 Å². The molecular formula is C12H17F2NO4S. The topological polar surface area (TPSA) is 86.6 Å². The molecule has 0 aliphatic heterocycles. The van der Waals surface area contributed by atoms with Gasteiger partial charge in [-0.15, -0.1) is 0 Å². The van der Waals surface area contributed by atoms with Crippen LogP contribution in [0.2, 0.25) is 0 Å². The first-order valence-corrected chi connectivity index (χ1v) is 7.76. The van der Waals surface area contributed by atoms with E-state index < -0.39 is 28.5 Å². The number of aliphatic hydroxyl groups excluding tert-OH is 2. The fraction of sp³-hybridized carbons (Fsp3) is 0.500. The van der Waals surface area contributed by atoms with Crippen LogP contribution >= 0.6 is 0 Å². The third-order valence-corrected chi connectivity index (χ3v) is 3.80. The van der Waals surface area contributed by atoms with Crippen LogP contribution in [-0.2, 0) is 9.84 Å². The molecule has 0 saturated heterocycles. The SMILES string of the molecule is CS(=O)(=O)c1ccc(C(O)CNCC(O)C(F)F)cc1. The van der Waals surface area contributed by atoms with E-state index >= 15 is 0 Å². The first-order chi connectivity index (χ1) is 9.21. The van der Waals surface area contributed by atoms with E-state index in [2.05, 4.69) is 5.32 Å². The Balaban J connectivity index is 2.54. The average Bonchev–Trinajstić information content (AvgIpc) is 2.37. The van der Waals surface area contributed by atoms with E-state index in [1.54, 1.807) is 0 Å². The van der Waals surface area contributed by atoms with Crippen molar-refractivity contribution in [2.75, 3.05) is 19.3 Å². The van der Waals surface area contributed by atoms with Gasteiger partial charge in [0.2, 0.25) is 0 Å². The van der Waals surface area contributed by atoms with Gasteiger partial charge in [-0.25, -0.2) is 17.2 Å². The highest BCUT2D eigenvalue weighted by molar-refractivity contribution is 7.90. The summed E-state index contributed by atoms with van der Waals surface area (Å²) in [7, 11) is -3.30. The van der Waals surface area contributed by atoms with E-state index in [0.717, 1.165) is 6.26 Å². The molecule has 0 fully saturated rings. The molecule has 8 heteroatoms. The van der Waals surface area contributed by atoms with Crippen LogP contribution in [0.15, 0.2) is 29.2 Å². The number of rotatable bonds is 7. The Hall–Kier alpha value is -1.09. The normalized spacial score (nSPS) is 15.3. The van der Waals surface area contributed by atoms with Gasteiger partial charge in [0.1, 0.15) is 6.10 Å². The number of hydrogen-bond donors (Lipinski definition) is 3. The summed E-state index contributed by atoms with van der Waals surface area (Å²) in [6.07, 6.45) is -4.52. The Bertz CT molecular complexity index is 519. The molecule has 1 aromatic carbocycles. The number of aliphatic hydroxyl groups is 2. The summed E-state index contributed by atoms with van der Waals surface area (Å²) >= 11 is 0. The van der Waals surface area contributed by atoms with Gasteiger partial charge in [-0.2, -0.15) is 0 Å². The number of hydrogen-bond acceptors (Lipinski definition) is 5. The highest BCUT2D eigenvalue weighted by Crippen LogP contribution is 2.16. The molecule has 1 rings (SSSR count). The first kappa shape index (κ1) is 17.0. The largest absolute Gasteiger partial charge is 0.387 e. The van der Waals surface area contributed by atoms with Gasteiger partial charge < -0.3 is 15.5 Å². The van der Waals surface area contributed by atoms with E-state index in [-0.39, 0.29) is 18.0 Å². The van der Waals surface area contributed by atoms with Crippen molar-refractivity contribution in [3.05, 3.63) is 29.8 Å². The van der Waals surface area contributed by atoms with Gasteiger partial charge in [-0.05, 0) is 17.7 Å². The molecular weight excluding hydrogens is 292 g/mol. The fourth-order valence-corrected chi connectivity index (χ4v) is 2.14. The molecule has 0 amide bonds. The second-order valence-electron chi connectivity index (χ2n) is 4.42. The third-order valence-electron chi connectivity index (χ3n) is 2.68. The van der Waals surface area contributed by atoms with Crippen LogP contribution in [0.5, 0.6) is 0 Å². The van der Waals surface area contributed by atoms with Crippen molar-refractivity contribution in [1.29, 1.82) is 0 Å². The van der Waals surface area contributed by atoms with Crippen LogP contribution in [0.3, 0.4) is 0 Å². The lowest BCUT2D eigenvalue weighted by Crippen LogP contribution is -2.34. The van der Waals surface area contributed by atoms with Gasteiger partial charge in [0.25, 0.3) is 6.43 Å². The highest BCUT2D eigenvalue weighted by atomic mass is 32.2. The van der Waals surface area contributed by atoms with Crippen molar-refractivity contribution in [3.8, 4) is 0 Å². The van der Waals surface area contributed by atoms with Gasteiger partial charge >= 0.3 is 0 Å². The fourth-order valence-electron chi connectivity index (χ4n) is 1.51. The summed E-state index contributed by atoms with van der Waals surface area (Å²) < 4.78 is 46.5. The maximum Gasteiger partial charge on any atom is 0.265 e. The van der Waals surface area contributed by atoms with E-state index in [9.17, 15) is 22.3 Å². The Kier molecular flexibility index (Phi) is 6.00. The van der Waals surface area contributed by atoms with Crippen molar-refractivity contribution in [3.63, 3.8) is 0 Å². The molecule has 0 radical (unpaired) electrons. The van der Waals surface area contributed by atoms with Crippen LogP contribution in [0.25, 0.3) is 0 Å². The molecule has 0 aliphatic rings. The monoisotopic (exact) mass is 309 g/mol. The molecule has 0 heterocycles. The summed E-state index contributed by atoms with van der Waals surface area (Å²) in [5.41, 5.74) is 0.455. The molecule has 0 saturated carbocycles. The maximum atomic E-state index is 12.0. The lowest BCUT2D eigenvalue weighted by atomic mass is 10.1. The number of alkyl halides is 2. The predicted molar refractivity (Wildman–Crippen MR) is 69.4 cm³/mol. The van der Waals surface area contributed by atoms with Crippen molar-refractivity contribution in [1.82, 2.24) is 5.32 Å². The van der Waals surface area contributed by atoms with Crippen molar-refractivity contribution in [2.24, 2.45) is 0 Å². The minimum Gasteiger partial charge on any atom is -0.387 e. The number of halogens is 2. The molecule has 2 atom stereocenters. The summed E-state index contributed by atoms with van der Waals surface area (Å²) in [4.78, 5) is 0.134. The molecule has 1 aromatic rings. The van der Waals surface area contributed by atoms with E-state index in [0.29, 0.717) is 5.56 Å². The molecule has 2 unspecified atom stereocenters. The van der Waals surface area contributed by atoms with Gasteiger partial charge in [-0.3, -0.25) is 0 Å². The summed E-state index contributed by atoms with van der Waals surface area (Å²) in [5, 5.41) is 21.2. The third kappa shape index (κ3) is 5.12. The second kappa shape index (κ2) is 7.07. The van der Waals surface area contributed by atoms with E-state index in [1.807, 2.05) is 0 Å². The van der Waals surface area contributed by atoms with Crippen molar-refractivity contribution >= 4 is 9.84 Å². The maximum absolute atomic E-state index is 12.0. The summed E-state index contributed by atoms with van der Waals surface area (Å²) in [6, 6.07) is 5.63. The lowest BCUT2D eigenvalue weighted by molar-refractivity contribution is -0.00462. The van der Waals surface area contributed by atoms with Crippen LogP contribution in [0, 0.1) is 0 Å². The Morgan fingerprint density at radius 1 is 1.15 bits per heavy atom. The van der Waals surface area contributed by atoms with Crippen molar-refractivity contribution in [2.45, 2.75) is 23.5 Å². The quantitative estimate of drug-likeness (QED) is 0.676. The second-order valence-corrected chi connectivity index (χ2v) is 6.43. The first-order valence-electron chi connectivity index (χ1n) is 5.87. The highest BCUT2D eigenvalue weighted by Gasteiger charge is 2.17. The number of benzene rings is 1. The summed E-state index contributed by atoms with van der Waals surface area (Å²) in [5.74, 6) is 0. The van der Waals surface area contributed by atoms with Crippen LogP contribution < -0.4 is 5.32 Å². The van der Waals surface area contributed by atoms with Gasteiger partial charge in [0.05, 0.1) is 11.0 Å². The van der Waals surface area contributed by atoms with Crippen LogP contribution in [0.1, 0.15) is 11.7 Å². The zero-order valence-corrected chi connectivity index (χ0v) is 11.6. The molecule has 0 bridgehead atoms. The minimum atomic E-state index is -3.30. The van der Waals surface area contributed by atoms with E-state index in [1.165, 1.54) is 24.3 Å². The smallest absolute Gasteiger partial charge is 0.265 e. The van der Waals surface area contributed by atoms with Gasteiger partial charge in [-0.1, -0.05) is 12.1 Å². The summed E-state index contributed by atoms with van der Waals surface area (Å²) in [6.45, 7) is -0.363. The molecule has 0 aromatic heterocycles. The van der Waals surface area contributed by atoms with E-state index in [4.69, 9.17) is 5.11 Å². The number of nitrogens with one attached hydrogen (secondary N) is 1. The Labute approximate surface area is 116 Å². The Morgan fingerprint density at radius 3 is 2.15 bits per heavy atom. The van der Waals surface area contributed by atoms with Crippen LogP contribution in [0.4, 0.5) is 8.78 Å². The van der Waals surface area contributed by atoms with Gasteiger partial charge in [0.15, 0.2) is 9.84 Å². The zero-order valence-electron chi connectivity index (χ0n) is 10.8. The molecule has 5 nitrogen and oxygen atoms in total. The van der Waals surface area contributed by atoms with Gasteiger partial charge in [0, 0.05) is 19.3 Å². The minimum absolute atomic E-state index is 0.0258.